The number of nitrogens with zero attached hydrogens (tertiary/aromatic N) is 1. The number of hydrogen-bond acceptors (Lipinski definition) is 6. The minimum absolute atomic E-state index is 0.102. The number of alkyl halides is 3. The molecule has 0 amide bonds. The maximum absolute atomic E-state index is 12.9. The summed E-state index contributed by atoms with van der Waals surface area (Å²) < 4.78 is 78.1. The van der Waals surface area contributed by atoms with E-state index < -0.39 is 15.5 Å². The highest BCUT2D eigenvalue weighted by molar-refractivity contribution is 7.93. The van der Waals surface area contributed by atoms with E-state index in [1.54, 1.807) is 18.2 Å². The molecule has 28 heavy (non-hydrogen) atoms. The number of rotatable bonds is 7. The lowest BCUT2D eigenvalue weighted by Crippen LogP contribution is -2.38. The van der Waals surface area contributed by atoms with Gasteiger partial charge in [0.25, 0.3) is 0 Å². The van der Waals surface area contributed by atoms with E-state index in [1.165, 1.54) is 26.4 Å². The highest BCUT2D eigenvalue weighted by Gasteiger charge is 2.49. The Hall–Kier alpha value is -2.82. The Labute approximate surface area is 160 Å². The molecule has 0 saturated heterocycles. The maximum atomic E-state index is 12.9. The van der Waals surface area contributed by atoms with Gasteiger partial charge in [0.2, 0.25) is 0 Å². The molecule has 0 saturated carbocycles. The van der Waals surface area contributed by atoms with E-state index in [-0.39, 0.29) is 28.0 Å². The molecule has 2 N–H and O–H groups in total. The van der Waals surface area contributed by atoms with Gasteiger partial charge in [-0.15, -0.1) is 0 Å². The first-order chi connectivity index (χ1) is 13.0. The van der Waals surface area contributed by atoms with Crippen LogP contribution < -0.4 is 24.2 Å². The topological polar surface area (TPSA) is 91.1 Å². The predicted octanol–water partition coefficient (Wildman–Crippen LogP) is 3.15. The van der Waals surface area contributed by atoms with E-state index in [4.69, 9.17) is 19.9 Å². The van der Waals surface area contributed by atoms with Crippen LogP contribution in [-0.2, 0) is 16.6 Å². The Morgan fingerprint density at radius 1 is 1.04 bits per heavy atom. The zero-order valence-corrected chi connectivity index (χ0v) is 16.1. The molecule has 2 aromatic carbocycles. The van der Waals surface area contributed by atoms with Crippen LogP contribution in [0.5, 0.6) is 17.2 Å². The van der Waals surface area contributed by atoms with Gasteiger partial charge in [-0.25, -0.2) is 0 Å². The molecule has 2 rings (SSSR count). The second kappa shape index (κ2) is 8.05. The number of ether oxygens (including phenoxy) is 3. The monoisotopic (exact) mass is 420 g/mol. The van der Waals surface area contributed by atoms with Crippen LogP contribution in [0.4, 0.5) is 24.5 Å². The van der Waals surface area contributed by atoms with Gasteiger partial charge < -0.3 is 19.9 Å². The van der Waals surface area contributed by atoms with Gasteiger partial charge in [-0.3, -0.25) is 4.31 Å². The first-order valence-corrected chi connectivity index (χ1v) is 9.23. The minimum Gasteiger partial charge on any atom is -0.497 e. The summed E-state index contributed by atoms with van der Waals surface area (Å²) in [5.41, 5.74) is 0.632. The van der Waals surface area contributed by atoms with Gasteiger partial charge >= 0.3 is 15.5 Å². The van der Waals surface area contributed by atoms with E-state index in [0.29, 0.717) is 17.1 Å². The van der Waals surface area contributed by atoms with Crippen molar-refractivity contribution < 1.29 is 35.8 Å². The van der Waals surface area contributed by atoms with Gasteiger partial charge in [0.05, 0.1) is 19.9 Å². The van der Waals surface area contributed by atoms with Crippen molar-refractivity contribution in [2.45, 2.75) is 12.1 Å². The van der Waals surface area contributed by atoms with E-state index in [1.807, 2.05) is 0 Å². The van der Waals surface area contributed by atoms with Gasteiger partial charge in [-0.1, -0.05) is 0 Å². The number of hydrogen-bond donors (Lipinski definition) is 1. The van der Waals surface area contributed by atoms with Gasteiger partial charge in [-0.2, -0.15) is 21.6 Å². The van der Waals surface area contributed by atoms with Crippen molar-refractivity contribution in [3.8, 4) is 17.2 Å². The number of anilines is 2. The normalized spacial score (nSPS) is 11.8. The van der Waals surface area contributed by atoms with Crippen molar-refractivity contribution in [1.29, 1.82) is 0 Å². The second-order valence-corrected chi connectivity index (χ2v) is 7.57. The first kappa shape index (κ1) is 21.5. The van der Waals surface area contributed by atoms with E-state index >= 15 is 0 Å². The number of benzene rings is 2. The molecule has 0 aromatic heterocycles. The molecule has 11 heteroatoms. The Kier molecular flexibility index (Phi) is 6.17. The molecular weight excluding hydrogens is 401 g/mol. The lowest BCUT2D eigenvalue weighted by molar-refractivity contribution is -0.0437. The summed E-state index contributed by atoms with van der Waals surface area (Å²) in [6.07, 6.45) is 0. The van der Waals surface area contributed by atoms with Crippen molar-refractivity contribution in [2.24, 2.45) is 0 Å². The molecule has 0 atom stereocenters. The number of halogens is 3. The quantitative estimate of drug-likeness (QED) is 0.692. The molecule has 2 aromatic rings. The van der Waals surface area contributed by atoms with E-state index in [9.17, 15) is 21.6 Å². The molecule has 154 valence electrons. The van der Waals surface area contributed by atoms with Crippen LogP contribution in [0.1, 0.15) is 5.56 Å². The lowest BCUT2D eigenvalue weighted by atomic mass is 10.2. The molecule has 0 fully saturated rings. The van der Waals surface area contributed by atoms with Crippen molar-refractivity contribution in [3.05, 3.63) is 42.0 Å². The zero-order chi connectivity index (χ0) is 21.1. The Morgan fingerprint density at radius 3 is 2.29 bits per heavy atom. The summed E-state index contributed by atoms with van der Waals surface area (Å²) in [7, 11) is -1.90. The average Bonchev–Trinajstić information content (AvgIpc) is 2.64. The summed E-state index contributed by atoms with van der Waals surface area (Å²) >= 11 is 0. The summed E-state index contributed by atoms with van der Waals surface area (Å²) in [4.78, 5) is 0. The Morgan fingerprint density at radius 2 is 1.71 bits per heavy atom. The van der Waals surface area contributed by atoms with Crippen molar-refractivity contribution in [3.63, 3.8) is 0 Å². The van der Waals surface area contributed by atoms with Crippen LogP contribution in [0, 0.1) is 0 Å². The zero-order valence-electron chi connectivity index (χ0n) is 15.3. The van der Waals surface area contributed by atoms with Gasteiger partial charge in [0.15, 0.2) is 0 Å². The molecule has 0 radical (unpaired) electrons. The standard InChI is InChI=1S/C17H19F3N2O5S/c1-22(28(23,24)17(18,19)20)14-6-4-12(21)9-16(14)27-10-11-8-13(25-2)5-7-15(11)26-3/h4-9H,10,21H2,1-3H3. The summed E-state index contributed by atoms with van der Waals surface area (Å²) in [5, 5.41) is 0. The fourth-order valence-electron chi connectivity index (χ4n) is 2.34. The fraction of sp³-hybridized carbons (Fsp3) is 0.294. The molecule has 0 unspecified atom stereocenters. The number of nitrogens with two attached hydrogens (primary N) is 1. The van der Waals surface area contributed by atoms with Crippen LogP contribution in [-0.4, -0.2) is 35.2 Å². The van der Waals surface area contributed by atoms with Crippen molar-refractivity contribution >= 4 is 21.4 Å². The fourth-order valence-corrected chi connectivity index (χ4v) is 3.06. The summed E-state index contributed by atoms with van der Waals surface area (Å²) in [5.74, 6) is 0.840. The maximum Gasteiger partial charge on any atom is 0.516 e. The SMILES string of the molecule is COc1ccc(OC)c(COc2cc(N)ccc2N(C)S(=O)(=O)C(F)(F)F)c1. The van der Waals surface area contributed by atoms with Crippen LogP contribution in [0.3, 0.4) is 0 Å². The van der Waals surface area contributed by atoms with E-state index in [0.717, 1.165) is 13.1 Å². The highest BCUT2D eigenvalue weighted by Crippen LogP contribution is 2.37. The lowest BCUT2D eigenvalue weighted by Gasteiger charge is -2.23. The molecule has 0 spiro atoms. The summed E-state index contributed by atoms with van der Waals surface area (Å²) in [6, 6.07) is 8.58. The second-order valence-electron chi connectivity index (χ2n) is 5.61. The molecule has 0 aliphatic rings. The number of methoxy groups -OCH3 is 2. The largest absolute Gasteiger partial charge is 0.516 e. The Balaban J connectivity index is 2.39. The molecule has 0 heterocycles. The first-order valence-electron chi connectivity index (χ1n) is 7.79. The molecular formula is C17H19F3N2O5S. The third-order valence-corrected chi connectivity index (χ3v) is 5.35. The highest BCUT2D eigenvalue weighted by atomic mass is 32.2. The predicted molar refractivity (Wildman–Crippen MR) is 98.1 cm³/mol. The van der Waals surface area contributed by atoms with Gasteiger partial charge in [0, 0.05) is 24.4 Å². The smallest absolute Gasteiger partial charge is 0.497 e. The van der Waals surface area contributed by atoms with Crippen LogP contribution in [0.25, 0.3) is 0 Å². The van der Waals surface area contributed by atoms with Crippen molar-refractivity contribution in [2.75, 3.05) is 31.3 Å². The molecule has 0 bridgehead atoms. The average molecular weight is 420 g/mol. The minimum atomic E-state index is -5.60. The Bertz CT molecular complexity index is 948. The summed E-state index contributed by atoms with van der Waals surface area (Å²) in [6.45, 7) is -0.128. The number of sulfonamides is 1. The molecule has 0 aliphatic heterocycles. The van der Waals surface area contributed by atoms with Gasteiger partial charge in [-0.05, 0) is 30.3 Å². The van der Waals surface area contributed by atoms with Crippen LogP contribution in [0.2, 0.25) is 0 Å². The van der Waals surface area contributed by atoms with Crippen molar-refractivity contribution in [1.82, 2.24) is 0 Å². The van der Waals surface area contributed by atoms with Crippen LogP contribution >= 0.6 is 0 Å². The molecule has 7 nitrogen and oxygen atoms in total. The van der Waals surface area contributed by atoms with E-state index in [2.05, 4.69) is 0 Å². The van der Waals surface area contributed by atoms with Gasteiger partial charge in [0.1, 0.15) is 23.9 Å². The number of nitrogen functional groups attached to an aromatic ring is 1. The third-order valence-electron chi connectivity index (χ3n) is 3.85. The third kappa shape index (κ3) is 4.35. The van der Waals surface area contributed by atoms with Crippen LogP contribution in [0.15, 0.2) is 36.4 Å². The molecule has 0 aliphatic carbocycles.